The van der Waals surface area contributed by atoms with Crippen LogP contribution in [0.5, 0.6) is 28.7 Å². The Morgan fingerprint density at radius 2 is 1.68 bits per heavy atom. The number of hydrogen-bond acceptors (Lipinski definition) is 9. The molecular weight excluding hydrogens is 408 g/mol. The van der Waals surface area contributed by atoms with E-state index < -0.39 is 23.9 Å². The van der Waals surface area contributed by atoms with Crippen LogP contribution < -0.4 is 23.7 Å². The van der Waals surface area contributed by atoms with Crippen molar-refractivity contribution in [3.8, 4) is 28.7 Å². The molecule has 0 bridgehead atoms. The SMILES string of the molecule is COc1cc([C@H](O)[C@H]2C(=O)OC[C@H]2C(=O)c2ccc3c(c2)OCO3)cc(OC)c1OC. The van der Waals surface area contributed by atoms with Gasteiger partial charge >= 0.3 is 5.97 Å². The number of methoxy groups -OCH3 is 3. The molecule has 4 rings (SSSR count). The van der Waals surface area contributed by atoms with Crippen molar-refractivity contribution >= 4 is 11.8 Å². The Labute approximate surface area is 178 Å². The van der Waals surface area contributed by atoms with E-state index in [1.54, 1.807) is 30.3 Å². The summed E-state index contributed by atoms with van der Waals surface area (Å²) in [4.78, 5) is 25.7. The largest absolute Gasteiger partial charge is 0.493 e. The van der Waals surface area contributed by atoms with Crippen molar-refractivity contribution in [1.82, 2.24) is 0 Å². The molecule has 0 saturated carbocycles. The molecule has 164 valence electrons. The minimum Gasteiger partial charge on any atom is -0.493 e. The molecule has 2 aliphatic heterocycles. The fraction of sp³-hybridized carbons (Fsp3) is 0.364. The summed E-state index contributed by atoms with van der Waals surface area (Å²) in [5, 5.41) is 11.1. The summed E-state index contributed by atoms with van der Waals surface area (Å²) in [6.45, 7) is -0.0429. The summed E-state index contributed by atoms with van der Waals surface area (Å²) in [6.07, 6.45) is -1.33. The third-order valence-corrected chi connectivity index (χ3v) is 5.47. The normalized spacial score (nSPS) is 20.2. The van der Waals surface area contributed by atoms with Crippen molar-refractivity contribution in [1.29, 1.82) is 0 Å². The van der Waals surface area contributed by atoms with Crippen molar-refractivity contribution < 1.29 is 43.1 Å². The summed E-state index contributed by atoms with van der Waals surface area (Å²) < 4.78 is 31.7. The third-order valence-electron chi connectivity index (χ3n) is 5.47. The molecule has 2 aromatic carbocycles. The molecule has 3 atom stereocenters. The maximum absolute atomic E-state index is 13.2. The molecule has 2 heterocycles. The summed E-state index contributed by atoms with van der Waals surface area (Å²) >= 11 is 0. The number of rotatable bonds is 7. The molecule has 1 N–H and O–H groups in total. The molecule has 0 unspecified atom stereocenters. The molecular formula is C22H22O9. The highest BCUT2D eigenvalue weighted by Gasteiger charge is 2.46. The van der Waals surface area contributed by atoms with E-state index in [2.05, 4.69) is 0 Å². The van der Waals surface area contributed by atoms with Crippen LogP contribution in [0, 0.1) is 11.8 Å². The van der Waals surface area contributed by atoms with E-state index in [-0.39, 0.29) is 19.2 Å². The van der Waals surface area contributed by atoms with Crippen LogP contribution >= 0.6 is 0 Å². The number of Topliss-reactive ketones (excluding diaryl/α,β-unsaturated/α-hetero) is 1. The minimum atomic E-state index is -1.33. The first-order valence-electron chi connectivity index (χ1n) is 9.57. The molecule has 0 amide bonds. The molecule has 0 aliphatic carbocycles. The van der Waals surface area contributed by atoms with Gasteiger partial charge in [0, 0.05) is 5.56 Å². The van der Waals surface area contributed by atoms with Gasteiger partial charge in [0.05, 0.1) is 33.4 Å². The zero-order valence-corrected chi connectivity index (χ0v) is 17.2. The van der Waals surface area contributed by atoms with Crippen molar-refractivity contribution in [3.63, 3.8) is 0 Å². The molecule has 0 radical (unpaired) electrons. The van der Waals surface area contributed by atoms with Gasteiger partial charge in [-0.25, -0.2) is 0 Å². The van der Waals surface area contributed by atoms with Gasteiger partial charge in [-0.05, 0) is 35.9 Å². The number of ketones is 1. The van der Waals surface area contributed by atoms with Gasteiger partial charge in [-0.15, -0.1) is 0 Å². The fourth-order valence-electron chi connectivity index (χ4n) is 3.87. The smallest absolute Gasteiger partial charge is 0.312 e. The molecule has 0 spiro atoms. The third kappa shape index (κ3) is 3.61. The standard InChI is InChI=1S/C22H22O9/c1-26-16-7-12(8-17(27-2)21(16)28-3)20(24)18-13(9-29-22(18)25)19(23)11-4-5-14-15(6-11)31-10-30-14/h4-8,13,18,20,24H,9-10H2,1-3H3/t13-,18+,20+/m1/s1. The van der Waals surface area contributed by atoms with Crippen LogP contribution in [0.15, 0.2) is 30.3 Å². The number of ether oxygens (including phenoxy) is 6. The van der Waals surface area contributed by atoms with Crippen LogP contribution in [0.4, 0.5) is 0 Å². The Bertz CT molecular complexity index is 991. The average Bonchev–Trinajstić information content (AvgIpc) is 3.42. The second-order valence-electron chi connectivity index (χ2n) is 7.10. The molecule has 1 saturated heterocycles. The van der Waals surface area contributed by atoms with Crippen LogP contribution in [-0.4, -0.2) is 51.6 Å². The molecule has 31 heavy (non-hydrogen) atoms. The Morgan fingerprint density at radius 1 is 1.00 bits per heavy atom. The van der Waals surface area contributed by atoms with E-state index in [0.29, 0.717) is 39.9 Å². The number of hydrogen-bond donors (Lipinski definition) is 1. The fourth-order valence-corrected chi connectivity index (χ4v) is 3.87. The van der Waals surface area contributed by atoms with Crippen molar-refractivity contribution in [2.24, 2.45) is 11.8 Å². The first-order chi connectivity index (χ1) is 15.0. The van der Waals surface area contributed by atoms with E-state index in [9.17, 15) is 14.7 Å². The summed E-state index contributed by atoms with van der Waals surface area (Å²) in [7, 11) is 4.36. The summed E-state index contributed by atoms with van der Waals surface area (Å²) in [6, 6.07) is 7.88. The lowest BCUT2D eigenvalue weighted by Gasteiger charge is -2.22. The van der Waals surface area contributed by atoms with Gasteiger partial charge in [0.15, 0.2) is 28.8 Å². The zero-order valence-electron chi connectivity index (χ0n) is 17.2. The predicted molar refractivity (Wildman–Crippen MR) is 106 cm³/mol. The van der Waals surface area contributed by atoms with E-state index in [1.165, 1.54) is 21.3 Å². The van der Waals surface area contributed by atoms with Gasteiger partial charge in [0.25, 0.3) is 0 Å². The van der Waals surface area contributed by atoms with Gasteiger partial charge in [0.2, 0.25) is 12.5 Å². The maximum Gasteiger partial charge on any atom is 0.312 e. The highest BCUT2D eigenvalue weighted by atomic mass is 16.7. The number of carbonyl (C=O) groups excluding carboxylic acids is 2. The van der Waals surface area contributed by atoms with Gasteiger partial charge in [-0.3, -0.25) is 9.59 Å². The Morgan fingerprint density at radius 3 is 2.32 bits per heavy atom. The lowest BCUT2D eigenvalue weighted by molar-refractivity contribution is -0.144. The number of benzene rings is 2. The molecule has 2 aliphatic rings. The minimum absolute atomic E-state index is 0.0838. The van der Waals surface area contributed by atoms with E-state index in [1.807, 2.05) is 0 Å². The van der Waals surface area contributed by atoms with Crippen LogP contribution in [-0.2, 0) is 9.53 Å². The van der Waals surface area contributed by atoms with Crippen molar-refractivity contribution in [2.75, 3.05) is 34.7 Å². The maximum atomic E-state index is 13.2. The average molecular weight is 430 g/mol. The molecule has 2 aromatic rings. The summed E-state index contributed by atoms with van der Waals surface area (Å²) in [5.41, 5.74) is 0.677. The van der Waals surface area contributed by atoms with Gasteiger partial charge in [-0.2, -0.15) is 0 Å². The van der Waals surface area contributed by atoms with Crippen LogP contribution in [0.1, 0.15) is 22.0 Å². The van der Waals surface area contributed by atoms with E-state index >= 15 is 0 Å². The number of fused-ring (bicyclic) bond motifs is 1. The second kappa shape index (κ2) is 8.35. The number of esters is 1. The molecule has 1 fully saturated rings. The number of carbonyl (C=O) groups is 2. The number of cyclic esters (lactones) is 1. The summed E-state index contributed by atoms with van der Waals surface area (Å²) in [5.74, 6) is -0.962. The highest BCUT2D eigenvalue weighted by Crippen LogP contribution is 2.43. The quantitative estimate of drug-likeness (QED) is 0.522. The van der Waals surface area contributed by atoms with E-state index in [0.717, 1.165) is 0 Å². The Kier molecular flexibility index (Phi) is 5.60. The predicted octanol–water partition coefficient (Wildman–Crippen LogP) is 2.15. The Hall–Kier alpha value is -3.46. The van der Waals surface area contributed by atoms with Crippen molar-refractivity contribution in [3.05, 3.63) is 41.5 Å². The van der Waals surface area contributed by atoms with Gasteiger partial charge < -0.3 is 33.5 Å². The van der Waals surface area contributed by atoms with Crippen LogP contribution in [0.3, 0.4) is 0 Å². The lowest BCUT2D eigenvalue weighted by atomic mass is 9.82. The molecule has 9 nitrogen and oxygen atoms in total. The number of aliphatic hydroxyl groups excluding tert-OH is 1. The van der Waals surface area contributed by atoms with Crippen LogP contribution in [0.25, 0.3) is 0 Å². The molecule has 0 aromatic heterocycles. The monoisotopic (exact) mass is 430 g/mol. The van der Waals surface area contributed by atoms with Crippen molar-refractivity contribution in [2.45, 2.75) is 6.10 Å². The second-order valence-corrected chi connectivity index (χ2v) is 7.10. The number of aliphatic hydroxyl groups is 1. The van der Waals surface area contributed by atoms with Gasteiger partial charge in [-0.1, -0.05) is 0 Å². The first-order valence-corrected chi connectivity index (χ1v) is 9.57. The molecule has 9 heteroatoms. The topological polar surface area (TPSA) is 110 Å². The Balaban J connectivity index is 1.66. The van der Waals surface area contributed by atoms with Gasteiger partial charge in [0.1, 0.15) is 12.5 Å². The lowest BCUT2D eigenvalue weighted by Crippen LogP contribution is -2.29. The first kappa shape index (κ1) is 20.8. The van der Waals surface area contributed by atoms with Crippen LogP contribution in [0.2, 0.25) is 0 Å². The van der Waals surface area contributed by atoms with E-state index in [4.69, 9.17) is 28.4 Å². The highest BCUT2D eigenvalue weighted by molar-refractivity contribution is 6.01. The zero-order chi connectivity index (χ0) is 22.1.